The number of carboxylic acids is 1. The van der Waals surface area contributed by atoms with Gasteiger partial charge < -0.3 is 10.8 Å². The zero-order valence-corrected chi connectivity index (χ0v) is 9.66. The molecule has 0 aromatic heterocycles. The van der Waals surface area contributed by atoms with Crippen LogP contribution in [0.4, 0.5) is 5.69 Å². The molecule has 76 valence electrons. The van der Waals surface area contributed by atoms with E-state index in [1.54, 1.807) is 18.2 Å². The molecule has 0 spiro atoms. The molecule has 0 radical (unpaired) electrons. The summed E-state index contributed by atoms with van der Waals surface area (Å²) in [6.07, 6.45) is 0. The molecule has 0 amide bonds. The van der Waals surface area contributed by atoms with Gasteiger partial charge in [-0.3, -0.25) is 0 Å². The molecule has 14 heavy (non-hydrogen) atoms. The lowest BCUT2D eigenvalue weighted by atomic mass is 10.2. The van der Waals surface area contributed by atoms with Gasteiger partial charge in [0.1, 0.15) is 0 Å². The highest BCUT2D eigenvalue weighted by Crippen LogP contribution is 2.13. The van der Waals surface area contributed by atoms with E-state index in [1.165, 1.54) is 0 Å². The highest BCUT2D eigenvalue weighted by atomic mass is 28.3. The molecule has 3 nitrogen and oxygen atoms in total. The Morgan fingerprint density at radius 1 is 1.36 bits per heavy atom. The Morgan fingerprint density at radius 2 is 1.93 bits per heavy atom. The normalized spacial score (nSPS) is 11.4. The van der Waals surface area contributed by atoms with Crippen LogP contribution in [0.3, 0.4) is 0 Å². The number of nitrogens with two attached hydrogens (primary N) is 1. The molecule has 0 unspecified atom stereocenters. The number of anilines is 1. The van der Waals surface area contributed by atoms with Crippen molar-refractivity contribution in [1.29, 1.82) is 0 Å². The minimum Gasteiger partial charge on any atom is -0.478 e. The van der Waals surface area contributed by atoms with E-state index in [9.17, 15) is 4.79 Å². The van der Waals surface area contributed by atoms with Gasteiger partial charge in [-0.05, 0) is 17.3 Å². The number of carbonyl (C=O) groups is 1. The summed E-state index contributed by atoms with van der Waals surface area (Å²) in [5.41, 5.74) is 6.77. The monoisotopic (exact) mass is 209 g/mol. The number of rotatable bonds is 2. The van der Waals surface area contributed by atoms with Crippen molar-refractivity contribution in [3.63, 3.8) is 0 Å². The SMILES string of the molecule is C[Si](C)(C)c1c(N)cccc1C(=O)O. The number of hydrogen-bond acceptors (Lipinski definition) is 2. The summed E-state index contributed by atoms with van der Waals surface area (Å²) < 4.78 is 0. The topological polar surface area (TPSA) is 63.3 Å². The molecular formula is C10H15NO2Si. The van der Waals surface area contributed by atoms with Crippen LogP contribution in [0.1, 0.15) is 10.4 Å². The third kappa shape index (κ3) is 1.96. The van der Waals surface area contributed by atoms with Gasteiger partial charge in [-0.25, -0.2) is 4.79 Å². The first-order chi connectivity index (χ1) is 6.34. The first kappa shape index (κ1) is 10.8. The van der Waals surface area contributed by atoms with Crippen molar-refractivity contribution in [2.45, 2.75) is 19.6 Å². The maximum atomic E-state index is 11.0. The molecule has 0 saturated carbocycles. The van der Waals surface area contributed by atoms with Crippen LogP contribution in [0.2, 0.25) is 19.6 Å². The Kier molecular flexibility index (Phi) is 2.66. The smallest absolute Gasteiger partial charge is 0.335 e. The molecule has 0 aliphatic heterocycles. The van der Waals surface area contributed by atoms with Crippen molar-refractivity contribution >= 4 is 24.9 Å². The van der Waals surface area contributed by atoms with E-state index >= 15 is 0 Å². The van der Waals surface area contributed by atoms with Crippen LogP contribution in [-0.4, -0.2) is 19.1 Å². The van der Waals surface area contributed by atoms with Gasteiger partial charge >= 0.3 is 5.97 Å². The zero-order valence-electron chi connectivity index (χ0n) is 8.66. The predicted molar refractivity (Wildman–Crippen MR) is 60.8 cm³/mol. The summed E-state index contributed by atoms with van der Waals surface area (Å²) in [5, 5.41) is 9.86. The van der Waals surface area contributed by atoms with Crippen molar-refractivity contribution in [2.24, 2.45) is 0 Å². The summed E-state index contributed by atoms with van der Waals surface area (Å²) in [4.78, 5) is 11.0. The van der Waals surface area contributed by atoms with Crippen LogP contribution < -0.4 is 10.9 Å². The molecular weight excluding hydrogens is 194 g/mol. The highest BCUT2D eigenvalue weighted by Gasteiger charge is 2.25. The summed E-state index contributed by atoms with van der Waals surface area (Å²) in [6.45, 7) is 6.27. The maximum absolute atomic E-state index is 11.0. The van der Waals surface area contributed by atoms with Crippen LogP contribution in [0, 0.1) is 0 Å². The van der Waals surface area contributed by atoms with Crippen LogP contribution in [0.5, 0.6) is 0 Å². The summed E-state index contributed by atoms with van der Waals surface area (Å²) in [5.74, 6) is -0.894. The highest BCUT2D eigenvalue weighted by molar-refractivity contribution is 6.90. The molecule has 0 atom stereocenters. The van der Waals surface area contributed by atoms with E-state index in [2.05, 4.69) is 19.6 Å². The van der Waals surface area contributed by atoms with Crippen LogP contribution >= 0.6 is 0 Å². The summed E-state index contributed by atoms with van der Waals surface area (Å²) >= 11 is 0. The molecule has 4 heteroatoms. The Bertz CT molecular complexity index is 369. The average Bonchev–Trinajstić information content (AvgIpc) is 2.01. The second-order valence-electron chi connectivity index (χ2n) is 4.32. The van der Waals surface area contributed by atoms with Crippen molar-refractivity contribution in [2.75, 3.05) is 5.73 Å². The second-order valence-corrected chi connectivity index (χ2v) is 9.32. The molecule has 0 bridgehead atoms. The molecule has 1 rings (SSSR count). The van der Waals surface area contributed by atoms with E-state index in [0.29, 0.717) is 11.3 Å². The Morgan fingerprint density at radius 3 is 2.29 bits per heavy atom. The van der Waals surface area contributed by atoms with E-state index in [4.69, 9.17) is 10.8 Å². The lowest BCUT2D eigenvalue weighted by molar-refractivity contribution is 0.0698. The average molecular weight is 209 g/mol. The van der Waals surface area contributed by atoms with E-state index in [1.807, 2.05) is 0 Å². The van der Waals surface area contributed by atoms with Gasteiger partial charge in [0, 0.05) is 5.69 Å². The number of aromatic carboxylic acids is 1. The first-order valence-corrected chi connectivity index (χ1v) is 7.96. The van der Waals surface area contributed by atoms with Gasteiger partial charge in [-0.15, -0.1) is 0 Å². The lowest BCUT2D eigenvalue weighted by Crippen LogP contribution is -2.43. The fourth-order valence-corrected chi connectivity index (χ4v) is 3.53. The minimum absolute atomic E-state index is 0.351. The predicted octanol–water partition coefficient (Wildman–Crippen LogP) is 1.51. The fourth-order valence-electron chi connectivity index (χ4n) is 1.59. The molecule has 3 N–H and O–H groups in total. The van der Waals surface area contributed by atoms with E-state index in [-0.39, 0.29) is 0 Å². The Hall–Kier alpha value is -1.29. The molecule has 0 fully saturated rings. The fraction of sp³-hybridized carbons (Fsp3) is 0.300. The van der Waals surface area contributed by atoms with E-state index < -0.39 is 14.0 Å². The van der Waals surface area contributed by atoms with Crippen molar-refractivity contribution in [3.05, 3.63) is 23.8 Å². The van der Waals surface area contributed by atoms with Crippen LogP contribution in [0.15, 0.2) is 18.2 Å². The number of hydrogen-bond donors (Lipinski definition) is 2. The van der Waals surface area contributed by atoms with Gasteiger partial charge in [0.25, 0.3) is 0 Å². The molecule has 1 aromatic carbocycles. The number of nitrogen functional groups attached to an aromatic ring is 1. The standard InChI is InChI=1S/C10H15NO2Si/c1-14(2,3)9-7(10(12)13)5-4-6-8(9)11/h4-6H,11H2,1-3H3,(H,12,13). The Labute approximate surface area is 84.6 Å². The molecule has 0 aliphatic carbocycles. The van der Waals surface area contributed by atoms with Gasteiger partial charge in [0.05, 0.1) is 13.6 Å². The van der Waals surface area contributed by atoms with Gasteiger partial charge in [0.2, 0.25) is 0 Å². The summed E-state index contributed by atoms with van der Waals surface area (Å²) in [6, 6.07) is 5.06. The zero-order chi connectivity index (χ0) is 10.9. The van der Waals surface area contributed by atoms with Crippen molar-refractivity contribution in [1.82, 2.24) is 0 Å². The van der Waals surface area contributed by atoms with Gasteiger partial charge in [-0.2, -0.15) is 0 Å². The molecule has 1 aromatic rings. The quantitative estimate of drug-likeness (QED) is 0.573. The number of benzene rings is 1. The van der Waals surface area contributed by atoms with Gasteiger partial charge in [-0.1, -0.05) is 25.7 Å². The largest absolute Gasteiger partial charge is 0.478 e. The molecule has 0 saturated heterocycles. The van der Waals surface area contributed by atoms with Crippen LogP contribution in [-0.2, 0) is 0 Å². The molecule has 0 aliphatic rings. The third-order valence-corrected chi connectivity index (χ3v) is 4.14. The minimum atomic E-state index is -1.69. The number of carboxylic acid groups (broad SMARTS) is 1. The second kappa shape index (κ2) is 3.46. The third-order valence-electron chi connectivity index (χ3n) is 2.08. The van der Waals surface area contributed by atoms with Crippen molar-refractivity contribution in [3.8, 4) is 0 Å². The maximum Gasteiger partial charge on any atom is 0.335 e. The molecule has 0 heterocycles. The van der Waals surface area contributed by atoms with Gasteiger partial charge in [0.15, 0.2) is 0 Å². The van der Waals surface area contributed by atoms with Crippen LogP contribution in [0.25, 0.3) is 0 Å². The Balaban J connectivity index is 3.45. The summed E-state index contributed by atoms with van der Waals surface area (Å²) in [7, 11) is -1.69. The lowest BCUT2D eigenvalue weighted by Gasteiger charge is -2.21. The first-order valence-electron chi connectivity index (χ1n) is 4.46. The van der Waals surface area contributed by atoms with E-state index in [0.717, 1.165) is 5.19 Å². The van der Waals surface area contributed by atoms with Crippen molar-refractivity contribution < 1.29 is 9.90 Å².